The Hall–Kier alpha value is 3.92. The van der Waals surface area contributed by atoms with E-state index < -0.39 is 0 Å². The summed E-state index contributed by atoms with van der Waals surface area (Å²) in [5, 5.41) is 0. The molecule has 0 amide bonds. The zero-order chi connectivity index (χ0) is 4.24. The van der Waals surface area contributed by atoms with Crippen LogP contribution in [0.5, 0.6) is 0 Å². The largest absolute Gasteiger partial charge is 1.00 e. The summed E-state index contributed by atoms with van der Waals surface area (Å²) in [4.78, 5) is 10.7. The molecule has 1 aromatic rings. The summed E-state index contributed by atoms with van der Waals surface area (Å²) in [5.41, 5.74) is 0. The van der Waals surface area contributed by atoms with Gasteiger partial charge < -0.3 is 4.28 Å². The fraction of sp³-hybridized carbons (Fsp3) is 0. The first-order valence-corrected chi connectivity index (χ1v) is 1.55. The zero-order valence-corrected chi connectivity index (χ0v) is 15.4. The number of rotatable bonds is 0. The third-order valence-corrected chi connectivity index (χ3v) is 0.400. The summed E-state index contributed by atoms with van der Waals surface area (Å²) in [7, 11) is 0. The van der Waals surface area contributed by atoms with Crippen molar-refractivity contribution in [2.45, 2.75) is 0 Å². The molecule has 0 aliphatic carbocycles. The Morgan fingerprint density at radius 1 is 0.667 bits per heavy atom. The van der Waals surface area contributed by atoms with Gasteiger partial charge in [-0.2, -0.15) is 0 Å². The van der Waals surface area contributed by atoms with Crippen molar-refractivity contribution in [1.82, 2.24) is 15.0 Å². The Morgan fingerprint density at radius 3 is 1.00 bits per heavy atom. The molecule has 1 aromatic heterocycles. The molecule has 0 aliphatic rings. The molecule has 0 fully saturated rings. The maximum Gasteiger partial charge on any atom is 1.00 e. The molecule has 0 saturated heterocycles. The second-order valence-corrected chi connectivity index (χ2v) is 0.794. The molecule has 6 heteroatoms. The Labute approximate surface area is 186 Å². The van der Waals surface area contributed by atoms with Crippen molar-refractivity contribution in [1.29, 1.82) is 0 Å². The molecular formula is C3H6K3N3. The third-order valence-electron chi connectivity index (χ3n) is 0.400. The van der Waals surface area contributed by atoms with Gasteiger partial charge in [-0.05, 0) is 0 Å². The van der Waals surface area contributed by atoms with Crippen LogP contribution in [0.3, 0.4) is 0 Å². The zero-order valence-electron chi connectivity index (χ0n) is 9.07. The first-order valence-electron chi connectivity index (χ1n) is 1.55. The molecule has 9 heavy (non-hydrogen) atoms. The predicted molar refractivity (Wildman–Crippen MR) is 23.2 cm³/mol. The molecule has 1 rings (SSSR count). The average molecular weight is 201 g/mol. The van der Waals surface area contributed by atoms with Crippen LogP contribution in [-0.2, 0) is 0 Å². The van der Waals surface area contributed by atoms with Gasteiger partial charge in [0, 0.05) is 0 Å². The molecule has 36 valence electrons. The Bertz CT molecular complexity index is 96.0. The summed E-state index contributed by atoms with van der Waals surface area (Å²) >= 11 is 0. The maximum atomic E-state index is 3.56. The van der Waals surface area contributed by atoms with Crippen LogP contribution in [0.1, 0.15) is 4.28 Å². The van der Waals surface area contributed by atoms with Crippen LogP contribution in [0.2, 0.25) is 0 Å². The van der Waals surface area contributed by atoms with Crippen LogP contribution >= 0.6 is 0 Å². The van der Waals surface area contributed by atoms with E-state index in [0.29, 0.717) is 0 Å². The molecule has 3 nitrogen and oxygen atoms in total. The van der Waals surface area contributed by atoms with Crippen molar-refractivity contribution in [2.75, 3.05) is 0 Å². The van der Waals surface area contributed by atoms with E-state index in [4.69, 9.17) is 0 Å². The fourth-order valence-electron chi connectivity index (χ4n) is 0.205. The molecule has 0 aromatic carbocycles. The van der Waals surface area contributed by atoms with Crippen molar-refractivity contribution >= 4 is 0 Å². The van der Waals surface area contributed by atoms with Crippen LogP contribution in [0.25, 0.3) is 0 Å². The fourth-order valence-corrected chi connectivity index (χ4v) is 0.205. The van der Waals surface area contributed by atoms with Gasteiger partial charge in [0.2, 0.25) is 0 Å². The van der Waals surface area contributed by atoms with E-state index in [-0.39, 0.29) is 158 Å². The second kappa shape index (κ2) is 14.4. The minimum Gasteiger partial charge on any atom is -1.00 e. The maximum absolute atomic E-state index is 3.56. The molecule has 0 radical (unpaired) electrons. The van der Waals surface area contributed by atoms with E-state index in [1.54, 1.807) is 0 Å². The number of hydrogen-bond acceptors (Lipinski definition) is 3. The molecular weight excluding hydrogens is 195 g/mol. The summed E-state index contributed by atoms with van der Waals surface area (Å²) in [6, 6.07) is 0. The molecule has 0 N–H and O–H groups in total. The third kappa shape index (κ3) is 11.9. The van der Waals surface area contributed by atoms with Crippen molar-refractivity contribution in [2.24, 2.45) is 0 Å². The SMILES string of the molecule is [H-].[H-].[H-].[K+].[K+].[K+].c1ncncn1. The van der Waals surface area contributed by atoms with Gasteiger partial charge in [0.25, 0.3) is 0 Å². The van der Waals surface area contributed by atoms with Crippen LogP contribution in [0, 0.1) is 0 Å². The normalized spacial score (nSPS) is 5.33. The molecule has 0 aliphatic heterocycles. The quantitative estimate of drug-likeness (QED) is 0.391. The number of hydrogen-bond donors (Lipinski definition) is 0. The predicted octanol–water partition coefficient (Wildman–Crippen LogP) is -8.78. The van der Waals surface area contributed by atoms with Gasteiger partial charge in [-0.15, -0.1) is 0 Å². The first kappa shape index (κ1) is 18.7. The Morgan fingerprint density at radius 2 is 0.889 bits per heavy atom. The molecule has 0 atom stereocenters. The van der Waals surface area contributed by atoms with E-state index in [1.807, 2.05) is 0 Å². The van der Waals surface area contributed by atoms with Gasteiger partial charge in [-0.1, -0.05) is 0 Å². The van der Waals surface area contributed by atoms with Crippen LogP contribution in [0.15, 0.2) is 19.0 Å². The average Bonchev–Trinajstić information content (AvgIpc) is 1.72. The Kier molecular flexibility index (Phi) is 29.9. The van der Waals surface area contributed by atoms with Crippen molar-refractivity contribution in [3.05, 3.63) is 19.0 Å². The number of nitrogens with zero attached hydrogens (tertiary/aromatic N) is 3. The van der Waals surface area contributed by atoms with Gasteiger partial charge in [0.1, 0.15) is 19.0 Å². The van der Waals surface area contributed by atoms with Crippen molar-refractivity contribution in [3.63, 3.8) is 0 Å². The molecule has 0 spiro atoms. The second-order valence-electron chi connectivity index (χ2n) is 0.794. The first-order chi connectivity index (χ1) is 3.00. The van der Waals surface area contributed by atoms with Gasteiger partial charge in [-0.3, -0.25) is 0 Å². The van der Waals surface area contributed by atoms with Crippen LogP contribution < -0.4 is 154 Å². The summed E-state index contributed by atoms with van der Waals surface area (Å²) in [6.45, 7) is 0. The van der Waals surface area contributed by atoms with Crippen LogP contribution in [0.4, 0.5) is 0 Å². The van der Waals surface area contributed by atoms with Gasteiger partial charge in [-0.25, -0.2) is 15.0 Å². The topological polar surface area (TPSA) is 38.7 Å². The Balaban J connectivity index is -0.0000000150. The summed E-state index contributed by atoms with van der Waals surface area (Å²) in [6.07, 6.45) is 4.31. The van der Waals surface area contributed by atoms with Crippen molar-refractivity contribution in [3.8, 4) is 0 Å². The molecule has 1 heterocycles. The van der Waals surface area contributed by atoms with Gasteiger partial charge in [0.15, 0.2) is 0 Å². The molecule has 0 bridgehead atoms. The summed E-state index contributed by atoms with van der Waals surface area (Å²) in [5.74, 6) is 0. The minimum atomic E-state index is 0. The minimum absolute atomic E-state index is 0. The van der Waals surface area contributed by atoms with Gasteiger partial charge >= 0.3 is 154 Å². The van der Waals surface area contributed by atoms with E-state index in [1.165, 1.54) is 19.0 Å². The van der Waals surface area contributed by atoms with E-state index in [9.17, 15) is 0 Å². The van der Waals surface area contributed by atoms with Gasteiger partial charge in [0.05, 0.1) is 0 Å². The molecule has 0 unspecified atom stereocenters. The van der Waals surface area contributed by atoms with Crippen LogP contribution in [-0.4, -0.2) is 15.0 Å². The van der Waals surface area contributed by atoms with E-state index in [2.05, 4.69) is 15.0 Å². The van der Waals surface area contributed by atoms with E-state index >= 15 is 0 Å². The number of aromatic nitrogens is 3. The monoisotopic (exact) mass is 201 g/mol. The standard InChI is InChI=1S/C3H3N3.3K.3H/c1-4-2-6-3-5-1;;;;;;/h1-3H;;;;;;/q;3*+1;3*-1. The van der Waals surface area contributed by atoms with Crippen molar-refractivity contribution < 1.29 is 158 Å². The molecule has 0 saturated carbocycles. The van der Waals surface area contributed by atoms with E-state index in [0.717, 1.165) is 0 Å². The smallest absolute Gasteiger partial charge is 1.00 e. The summed E-state index contributed by atoms with van der Waals surface area (Å²) < 4.78 is 0.